The molecule has 0 aliphatic rings. The molecule has 100 valence electrons. The van der Waals surface area contributed by atoms with Crippen molar-refractivity contribution in [2.45, 2.75) is 20.5 Å². The van der Waals surface area contributed by atoms with Crippen molar-refractivity contribution in [2.75, 3.05) is 0 Å². The second-order valence-electron chi connectivity index (χ2n) is 3.94. The van der Waals surface area contributed by atoms with E-state index in [2.05, 4.69) is 15.4 Å². The fourth-order valence-corrected chi connectivity index (χ4v) is 2.19. The molecule has 0 saturated carbocycles. The number of nitrogens with two attached hydrogens (primary N) is 1. The predicted molar refractivity (Wildman–Crippen MR) is 72.7 cm³/mol. The van der Waals surface area contributed by atoms with Gasteiger partial charge in [-0.3, -0.25) is 0 Å². The normalized spacial score (nSPS) is 11.6. The number of hydrogen-bond donors (Lipinski definition) is 2. The quantitative estimate of drug-likeness (QED) is 0.385. The molecule has 19 heavy (non-hydrogen) atoms. The lowest BCUT2D eigenvalue weighted by molar-refractivity contribution is 0.290. The Morgan fingerprint density at radius 1 is 1.47 bits per heavy atom. The number of thiophene rings is 1. The van der Waals surface area contributed by atoms with E-state index >= 15 is 0 Å². The standard InChI is InChI=1S/C12H14N4O2S/c1-7-8(2)14-15-12(10(7)11(13)16-17)18-6-9-4-3-5-19-9/h3-5,17H,6H2,1-2H3,(H2,13,16). The van der Waals surface area contributed by atoms with Crippen LogP contribution in [0.5, 0.6) is 5.88 Å². The molecule has 0 aromatic carbocycles. The van der Waals surface area contributed by atoms with Crippen molar-refractivity contribution in [3.05, 3.63) is 39.2 Å². The van der Waals surface area contributed by atoms with E-state index in [1.54, 1.807) is 18.3 Å². The molecule has 0 spiro atoms. The molecule has 0 atom stereocenters. The highest BCUT2D eigenvalue weighted by molar-refractivity contribution is 7.09. The van der Waals surface area contributed by atoms with Crippen LogP contribution in [0.15, 0.2) is 22.7 Å². The molecular formula is C12H14N4O2S. The van der Waals surface area contributed by atoms with Crippen molar-refractivity contribution in [3.8, 4) is 5.88 Å². The zero-order valence-electron chi connectivity index (χ0n) is 10.6. The van der Waals surface area contributed by atoms with Crippen molar-refractivity contribution < 1.29 is 9.94 Å². The van der Waals surface area contributed by atoms with Gasteiger partial charge >= 0.3 is 0 Å². The largest absolute Gasteiger partial charge is 0.470 e. The first kappa shape index (κ1) is 13.3. The number of aryl methyl sites for hydroxylation is 1. The summed E-state index contributed by atoms with van der Waals surface area (Å²) in [5.41, 5.74) is 7.64. The second kappa shape index (κ2) is 5.66. The van der Waals surface area contributed by atoms with Gasteiger partial charge in [0.05, 0.1) is 11.3 Å². The van der Waals surface area contributed by atoms with Crippen molar-refractivity contribution in [1.82, 2.24) is 10.2 Å². The van der Waals surface area contributed by atoms with Gasteiger partial charge < -0.3 is 15.7 Å². The van der Waals surface area contributed by atoms with Crippen LogP contribution in [-0.4, -0.2) is 21.2 Å². The van der Waals surface area contributed by atoms with Crippen molar-refractivity contribution in [2.24, 2.45) is 10.9 Å². The average molecular weight is 278 g/mol. The summed E-state index contributed by atoms with van der Waals surface area (Å²) < 4.78 is 5.61. The molecule has 0 fully saturated rings. The minimum atomic E-state index is -0.0309. The summed E-state index contributed by atoms with van der Waals surface area (Å²) in [6, 6.07) is 3.90. The highest BCUT2D eigenvalue weighted by Gasteiger charge is 2.16. The topological polar surface area (TPSA) is 93.6 Å². The third-order valence-corrected chi connectivity index (χ3v) is 3.57. The van der Waals surface area contributed by atoms with E-state index in [1.165, 1.54) is 0 Å². The van der Waals surface area contributed by atoms with Crippen LogP contribution in [0.3, 0.4) is 0 Å². The van der Waals surface area contributed by atoms with E-state index < -0.39 is 0 Å². The molecule has 0 aliphatic carbocycles. The average Bonchev–Trinajstić information content (AvgIpc) is 2.92. The smallest absolute Gasteiger partial charge is 0.245 e. The van der Waals surface area contributed by atoms with Crippen LogP contribution < -0.4 is 10.5 Å². The van der Waals surface area contributed by atoms with E-state index in [1.807, 2.05) is 24.4 Å². The lowest BCUT2D eigenvalue weighted by atomic mass is 10.1. The molecule has 0 aliphatic heterocycles. The fraction of sp³-hybridized carbons (Fsp3) is 0.250. The Morgan fingerprint density at radius 3 is 2.89 bits per heavy atom. The van der Waals surface area contributed by atoms with E-state index in [0.717, 1.165) is 10.4 Å². The Balaban J connectivity index is 2.31. The maximum Gasteiger partial charge on any atom is 0.245 e. The molecule has 0 bridgehead atoms. The molecule has 2 heterocycles. The lowest BCUT2D eigenvalue weighted by Gasteiger charge is -2.11. The number of oxime groups is 1. The van der Waals surface area contributed by atoms with Crippen molar-refractivity contribution in [1.29, 1.82) is 0 Å². The van der Waals surface area contributed by atoms with Gasteiger partial charge in [-0.2, -0.15) is 5.10 Å². The molecule has 2 aromatic rings. The van der Waals surface area contributed by atoms with E-state index in [4.69, 9.17) is 15.7 Å². The van der Waals surface area contributed by atoms with Crippen LogP contribution in [0.4, 0.5) is 0 Å². The fourth-order valence-electron chi connectivity index (χ4n) is 1.57. The van der Waals surface area contributed by atoms with E-state index in [-0.39, 0.29) is 11.7 Å². The zero-order valence-corrected chi connectivity index (χ0v) is 11.4. The Hall–Kier alpha value is -2.15. The summed E-state index contributed by atoms with van der Waals surface area (Å²) in [5.74, 6) is 0.239. The number of hydrogen-bond acceptors (Lipinski definition) is 6. The van der Waals surface area contributed by atoms with Crippen LogP contribution in [0.25, 0.3) is 0 Å². The van der Waals surface area contributed by atoms with Gasteiger partial charge in [-0.05, 0) is 30.9 Å². The van der Waals surface area contributed by atoms with Gasteiger partial charge in [-0.1, -0.05) is 11.2 Å². The zero-order chi connectivity index (χ0) is 13.8. The van der Waals surface area contributed by atoms with Crippen LogP contribution in [-0.2, 0) is 6.61 Å². The third kappa shape index (κ3) is 2.82. The molecule has 0 amide bonds. The summed E-state index contributed by atoms with van der Waals surface area (Å²) in [6.07, 6.45) is 0. The minimum Gasteiger partial charge on any atom is -0.470 e. The number of aromatic nitrogens is 2. The summed E-state index contributed by atoms with van der Waals surface area (Å²) in [7, 11) is 0. The first-order valence-electron chi connectivity index (χ1n) is 5.60. The van der Waals surface area contributed by atoms with Gasteiger partial charge in [0.1, 0.15) is 6.61 Å². The van der Waals surface area contributed by atoms with Crippen LogP contribution >= 0.6 is 11.3 Å². The Morgan fingerprint density at radius 2 is 2.26 bits per heavy atom. The van der Waals surface area contributed by atoms with Gasteiger partial charge in [0.25, 0.3) is 0 Å². The summed E-state index contributed by atoms with van der Waals surface area (Å²) in [5, 5.41) is 21.8. The number of nitrogens with zero attached hydrogens (tertiary/aromatic N) is 3. The van der Waals surface area contributed by atoms with E-state index in [0.29, 0.717) is 17.9 Å². The highest BCUT2D eigenvalue weighted by atomic mass is 32.1. The molecule has 6 nitrogen and oxygen atoms in total. The number of rotatable bonds is 4. The SMILES string of the molecule is Cc1nnc(OCc2cccs2)c(/C(N)=N/O)c1C. The second-order valence-corrected chi connectivity index (χ2v) is 4.98. The molecule has 3 N–H and O–H groups in total. The summed E-state index contributed by atoms with van der Waals surface area (Å²) in [4.78, 5) is 1.06. The Kier molecular flexibility index (Phi) is 3.96. The molecule has 0 radical (unpaired) electrons. The monoisotopic (exact) mass is 278 g/mol. The molecule has 0 saturated heterocycles. The van der Waals surface area contributed by atoms with Gasteiger partial charge in [0, 0.05) is 4.88 Å². The van der Waals surface area contributed by atoms with E-state index in [9.17, 15) is 0 Å². The molecule has 2 aromatic heterocycles. The Bertz CT molecular complexity index is 596. The minimum absolute atomic E-state index is 0.0309. The van der Waals surface area contributed by atoms with Crippen LogP contribution in [0.2, 0.25) is 0 Å². The first-order chi connectivity index (χ1) is 9.13. The molecule has 0 unspecified atom stereocenters. The maximum atomic E-state index is 8.84. The third-order valence-electron chi connectivity index (χ3n) is 2.72. The summed E-state index contributed by atoms with van der Waals surface area (Å²) >= 11 is 1.59. The predicted octanol–water partition coefficient (Wildman–Crippen LogP) is 1.83. The highest BCUT2D eigenvalue weighted by Crippen LogP contribution is 2.22. The van der Waals surface area contributed by atoms with Gasteiger partial charge in [-0.15, -0.1) is 16.4 Å². The maximum absolute atomic E-state index is 8.84. The van der Waals surface area contributed by atoms with Gasteiger partial charge in [0.2, 0.25) is 5.88 Å². The number of ether oxygens (including phenoxy) is 1. The molecule has 7 heteroatoms. The van der Waals surface area contributed by atoms with Crippen molar-refractivity contribution >= 4 is 17.2 Å². The molecular weight excluding hydrogens is 264 g/mol. The van der Waals surface area contributed by atoms with Gasteiger partial charge in [0.15, 0.2) is 5.84 Å². The van der Waals surface area contributed by atoms with Gasteiger partial charge in [-0.25, -0.2) is 0 Å². The lowest BCUT2D eigenvalue weighted by Crippen LogP contribution is -2.18. The van der Waals surface area contributed by atoms with Crippen LogP contribution in [0.1, 0.15) is 21.7 Å². The number of amidine groups is 1. The Labute approximate surface area is 114 Å². The van der Waals surface area contributed by atoms with Crippen LogP contribution in [0, 0.1) is 13.8 Å². The van der Waals surface area contributed by atoms with Crippen molar-refractivity contribution in [3.63, 3.8) is 0 Å². The summed E-state index contributed by atoms with van der Waals surface area (Å²) in [6.45, 7) is 4.01. The molecule has 2 rings (SSSR count). The first-order valence-corrected chi connectivity index (χ1v) is 6.48.